The Hall–Kier alpha value is -4.16. The van der Waals surface area contributed by atoms with Crippen LogP contribution in [0.3, 0.4) is 0 Å². The Balaban J connectivity index is 1.51. The number of aliphatic hydroxyl groups is 1. The molecule has 2 aliphatic rings. The van der Waals surface area contributed by atoms with Gasteiger partial charge in [0.2, 0.25) is 0 Å². The maximum absolute atomic E-state index is 14.1. The zero-order valence-corrected chi connectivity index (χ0v) is 22.4. The second-order valence-electron chi connectivity index (χ2n) is 10.5. The Morgan fingerprint density at radius 2 is 1.80 bits per heavy atom. The smallest absolute Gasteiger partial charge is 0.274 e. The lowest BCUT2D eigenvalue weighted by Crippen LogP contribution is -2.62. The summed E-state index contributed by atoms with van der Waals surface area (Å²) in [6.45, 7) is 3.05. The molecule has 216 valence electrons. The number of carbonyl (C=O) groups is 2. The van der Waals surface area contributed by atoms with E-state index in [1.165, 1.54) is 10.9 Å². The van der Waals surface area contributed by atoms with Crippen molar-refractivity contribution in [3.05, 3.63) is 105 Å². The van der Waals surface area contributed by atoms with Crippen molar-refractivity contribution >= 4 is 11.8 Å². The Morgan fingerprint density at radius 3 is 2.46 bits per heavy atom. The molecule has 12 heteroatoms. The van der Waals surface area contributed by atoms with Gasteiger partial charge >= 0.3 is 0 Å². The molecule has 3 atom stereocenters. The number of carbonyl (C=O) groups excluding carboxylic acids is 2. The number of amides is 2. The van der Waals surface area contributed by atoms with Crippen LogP contribution in [0.1, 0.15) is 52.2 Å². The minimum Gasteiger partial charge on any atom is -0.396 e. The highest BCUT2D eigenvalue weighted by molar-refractivity contribution is 5.97. The molecule has 2 aliphatic heterocycles. The van der Waals surface area contributed by atoms with Crippen molar-refractivity contribution < 1.29 is 32.6 Å². The SMILES string of the molecule is CC1C(CO)CC(C)(OCc2ccccc2)N2CN1C(=O)c1cc(=O)c(C(=O)NCc3c(F)cc(F)cc3F)cn12. The first-order valence-electron chi connectivity index (χ1n) is 13.1. The fourth-order valence-electron chi connectivity index (χ4n) is 5.35. The molecule has 2 bridgehead atoms. The van der Waals surface area contributed by atoms with Crippen LogP contribution < -0.4 is 15.8 Å². The number of nitrogens with one attached hydrogen (secondary N) is 1. The van der Waals surface area contributed by atoms with Gasteiger partial charge in [-0.3, -0.25) is 24.1 Å². The first-order chi connectivity index (χ1) is 19.5. The van der Waals surface area contributed by atoms with Crippen molar-refractivity contribution in [3.8, 4) is 0 Å². The standard InChI is InChI=1S/C29H29F3N4O5/c1-17-19(14-37)11-29(2,41-15-18-6-4-3-5-7-18)36-16-34(17)28(40)25-10-26(38)22(13-35(25)36)27(39)33-12-21-23(31)8-20(30)9-24(21)32/h3-10,13,17,19,37H,11-12,14-16H2,1-2H3,(H,33,39). The number of hydrogen-bond acceptors (Lipinski definition) is 6. The highest BCUT2D eigenvalue weighted by atomic mass is 19.1. The fraction of sp³-hybridized carbons (Fsp3) is 0.345. The Labute approximate surface area is 233 Å². The minimum atomic E-state index is -1.18. The van der Waals surface area contributed by atoms with Crippen LogP contribution in [-0.2, 0) is 17.9 Å². The van der Waals surface area contributed by atoms with Crippen LogP contribution in [0.2, 0.25) is 0 Å². The monoisotopic (exact) mass is 570 g/mol. The lowest BCUT2D eigenvalue weighted by atomic mass is 9.92. The number of pyridine rings is 1. The van der Waals surface area contributed by atoms with E-state index in [9.17, 15) is 32.7 Å². The predicted octanol–water partition coefficient (Wildman–Crippen LogP) is 2.88. The van der Waals surface area contributed by atoms with Crippen LogP contribution in [0.5, 0.6) is 0 Å². The number of aromatic nitrogens is 1. The van der Waals surface area contributed by atoms with Gasteiger partial charge in [0.25, 0.3) is 11.8 Å². The van der Waals surface area contributed by atoms with Gasteiger partial charge in [0.15, 0.2) is 11.2 Å². The number of aliphatic hydroxyl groups excluding tert-OH is 1. The molecule has 0 aliphatic carbocycles. The Bertz CT molecular complexity index is 1530. The highest BCUT2D eigenvalue weighted by Crippen LogP contribution is 2.36. The number of nitrogens with zero attached hydrogens (tertiary/aromatic N) is 3. The topological polar surface area (TPSA) is 104 Å². The molecule has 1 fully saturated rings. The maximum Gasteiger partial charge on any atom is 0.274 e. The van der Waals surface area contributed by atoms with E-state index in [1.807, 2.05) is 44.2 Å². The van der Waals surface area contributed by atoms with Gasteiger partial charge in [0.05, 0.1) is 6.61 Å². The van der Waals surface area contributed by atoms with Gasteiger partial charge in [-0.05, 0) is 19.4 Å². The number of halogens is 3. The van der Waals surface area contributed by atoms with E-state index in [0.717, 1.165) is 11.6 Å². The van der Waals surface area contributed by atoms with E-state index < -0.39 is 52.5 Å². The zero-order valence-electron chi connectivity index (χ0n) is 22.4. The predicted molar refractivity (Wildman–Crippen MR) is 142 cm³/mol. The average Bonchev–Trinajstić information content (AvgIpc) is 3.04. The molecule has 3 unspecified atom stereocenters. The molecule has 1 saturated heterocycles. The summed E-state index contributed by atoms with van der Waals surface area (Å²) in [5.74, 6) is -5.21. The molecule has 1 aromatic heterocycles. The molecule has 2 amide bonds. The number of benzene rings is 2. The molecule has 0 saturated carbocycles. The summed E-state index contributed by atoms with van der Waals surface area (Å²) in [7, 11) is 0. The summed E-state index contributed by atoms with van der Waals surface area (Å²) in [4.78, 5) is 41.1. The van der Waals surface area contributed by atoms with Gasteiger partial charge in [-0.1, -0.05) is 30.3 Å². The number of hydrogen-bond donors (Lipinski definition) is 2. The van der Waals surface area contributed by atoms with Crippen molar-refractivity contribution in [2.45, 2.75) is 45.2 Å². The number of rotatable bonds is 7. The van der Waals surface area contributed by atoms with Crippen LogP contribution in [0.15, 0.2) is 59.5 Å². The van der Waals surface area contributed by atoms with Gasteiger partial charge in [0, 0.05) is 61.5 Å². The van der Waals surface area contributed by atoms with Gasteiger partial charge in [-0.25, -0.2) is 13.2 Å². The number of ether oxygens (including phenoxy) is 1. The third kappa shape index (κ3) is 5.32. The number of fused-ring (bicyclic) bond motifs is 4. The first-order valence-corrected chi connectivity index (χ1v) is 13.1. The molecular weight excluding hydrogens is 541 g/mol. The summed E-state index contributed by atoms with van der Waals surface area (Å²) >= 11 is 0. The van der Waals surface area contributed by atoms with E-state index in [4.69, 9.17) is 4.74 Å². The largest absolute Gasteiger partial charge is 0.396 e. The second-order valence-corrected chi connectivity index (χ2v) is 10.5. The maximum atomic E-state index is 14.1. The molecule has 3 heterocycles. The van der Waals surface area contributed by atoms with Crippen molar-refractivity contribution in [2.75, 3.05) is 18.3 Å². The molecule has 0 radical (unpaired) electrons. The third-order valence-electron chi connectivity index (χ3n) is 7.82. The molecule has 2 aromatic carbocycles. The molecule has 0 spiro atoms. The Morgan fingerprint density at radius 1 is 1.12 bits per heavy atom. The molecule has 3 aromatic rings. The van der Waals surface area contributed by atoms with Crippen LogP contribution in [-0.4, -0.2) is 51.5 Å². The van der Waals surface area contributed by atoms with Crippen molar-refractivity contribution in [2.24, 2.45) is 5.92 Å². The molecule has 2 N–H and O–H groups in total. The normalized spacial score (nSPS) is 21.9. The summed E-state index contributed by atoms with van der Waals surface area (Å²) in [6, 6.07) is 11.1. The van der Waals surface area contributed by atoms with Crippen LogP contribution in [0, 0.1) is 23.4 Å². The lowest BCUT2D eigenvalue weighted by molar-refractivity contribution is -0.0755. The minimum absolute atomic E-state index is 0.00611. The quantitative estimate of drug-likeness (QED) is 0.453. The first kappa shape index (κ1) is 28.4. The summed E-state index contributed by atoms with van der Waals surface area (Å²) in [5.41, 5.74) is -1.92. The van der Waals surface area contributed by atoms with Crippen LogP contribution >= 0.6 is 0 Å². The van der Waals surface area contributed by atoms with Crippen molar-refractivity contribution in [1.29, 1.82) is 0 Å². The summed E-state index contributed by atoms with van der Waals surface area (Å²) in [6.07, 6.45) is 1.52. The van der Waals surface area contributed by atoms with Gasteiger partial charge in [-0.2, -0.15) is 0 Å². The van der Waals surface area contributed by atoms with E-state index >= 15 is 0 Å². The van der Waals surface area contributed by atoms with Gasteiger partial charge in [0.1, 0.15) is 35.4 Å². The van der Waals surface area contributed by atoms with Crippen molar-refractivity contribution in [1.82, 2.24) is 14.9 Å². The van der Waals surface area contributed by atoms with E-state index in [-0.39, 0.29) is 43.1 Å². The molecule has 5 rings (SSSR count). The van der Waals surface area contributed by atoms with Crippen LogP contribution in [0.4, 0.5) is 13.2 Å². The van der Waals surface area contributed by atoms with Gasteiger partial charge in [-0.15, -0.1) is 0 Å². The summed E-state index contributed by atoms with van der Waals surface area (Å²) in [5, 5.41) is 14.2. The average molecular weight is 571 g/mol. The van der Waals surface area contributed by atoms with E-state index in [2.05, 4.69) is 5.32 Å². The zero-order chi connectivity index (χ0) is 29.5. The Kier molecular flexibility index (Phi) is 7.62. The summed E-state index contributed by atoms with van der Waals surface area (Å²) < 4.78 is 49.3. The fourth-order valence-corrected chi connectivity index (χ4v) is 5.35. The second kappa shape index (κ2) is 11.0. The van der Waals surface area contributed by atoms with Crippen molar-refractivity contribution in [3.63, 3.8) is 0 Å². The third-order valence-corrected chi connectivity index (χ3v) is 7.82. The van der Waals surface area contributed by atoms with Gasteiger partial charge < -0.3 is 20.1 Å². The lowest BCUT2D eigenvalue weighted by Gasteiger charge is -2.47. The highest BCUT2D eigenvalue weighted by Gasteiger charge is 2.48. The van der Waals surface area contributed by atoms with E-state index in [0.29, 0.717) is 18.6 Å². The molecular formula is C29H29F3N4O5. The molecule has 41 heavy (non-hydrogen) atoms. The van der Waals surface area contributed by atoms with E-state index in [1.54, 1.807) is 9.91 Å². The van der Waals surface area contributed by atoms with Crippen LogP contribution in [0.25, 0.3) is 0 Å². The molecule has 9 nitrogen and oxygen atoms in total.